The lowest BCUT2D eigenvalue weighted by atomic mass is 9.93. The van der Waals surface area contributed by atoms with Crippen molar-refractivity contribution in [2.45, 2.75) is 31.9 Å². The predicted octanol–water partition coefficient (Wildman–Crippen LogP) is 1.88. The monoisotopic (exact) mass is 294 g/mol. The van der Waals surface area contributed by atoms with Gasteiger partial charge in [-0.3, -0.25) is 15.0 Å². The van der Waals surface area contributed by atoms with E-state index >= 15 is 0 Å². The van der Waals surface area contributed by atoms with Gasteiger partial charge in [0.05, 0.1) is 10.5 Å². The van der Waals surface area contributed by atoms with Gasteiger partial charge in [0.2, 0.25) is 0 Å². The molecule has 21 heavy (non-hydrogen) atoms. The molecular formula is C15H22N2O4. The van der Waals surface area contributed by atoms with Crippen molar-refractivity contribution < 1.29 is 14.8 Å². The first-order valence-electron chi connectivity index (χ1n) is 7.13. The van der Waals surface area contributed by atoms with E-state index in [2.05, 4.69) is 0 Å². The molecule has 0 spiro atoms. The molecule has 0 aromatic heterocycles. The van der Waals surface area contributed by atoms with E-state index in [1.807, 2.05) is 18.0 Å². The Labute approximate surface area is 124 Å². The predicted molar refractivity (Wildman–Crippen MR) is 79.2 cm³/mol. The molecular weight excluding hydrogens is 272 g/mol. The molecule has 1 aliphatic rings. The molecule has 6 heteroatoms. The molecule has 0 saturated carbocycles. The number of hydrogen-bond acceptors (Lipinski definition) is 5. The van der Waals surface area contributed by atoms with Gasteiger partial charge in [0.25, 0.3) is 5.69 Å². The summed E-state index contributed by atoms with van der Waals surface area (Å²) in [6.45, 7) is 4.06. The maximum absolute atomic E-state index is 11.0. The molecule has 6 nitrogen and oxygen atoms in total. The fourth-order valence-corrected chi connectivity index (χ4v) is 2.80. The van der Waals surface area contributed by atoms with E-state index in [4.69, 9.17) is 4.74 Å². The summed E-state index contributed by atoms with van der Waals surface area (Å²) >= 11 is 0. The van der Waals surface area contributed by atoms with Crippen molar-refractivity contribution in [1.29, 1.82) is 0 Å². The maximum Gasteiger partial charge on any atom is 0.272 e. The Kier molecular flexibility index (Phi) is 4.92. The average molecular weight is 294 g/mol. The highest BCUT2D eigenvalue weighted by Crippen LogP contribution is 2.25. The van der Waals surface area contributed by atoms with E-state index in [0.29, 0.717) is 44.7 Å². The van der Waals surface area contributed by atoms with E-state index < -0.39 is 5.60 Å². The molecule has 1 aromatic rings. The van der Waals surface area contributed by atoms with Crippen LogP contribution in [0.3, 0.4) is 0 Å². The smallest absolute Gasteiger partial charge is 0.272 e. The van der Waals surface area contributed by atoms with Crippen molar-refractivity contribution in [3.8, 4) is 0 Å². The molecule has 1 saturated heterocycles. The number of nitro groups is 1. The van der Waals surface area contributed by atoms with Gasteiger partial charge in [-0.2, -0.15) is 0 Å². The normalized spacial score (nSPS) is 17.9. The van der Waals surface area contributed by atoms with Crippen LogP contribution in [-0.2, 0) is 11.3 Å². The second-order valence-corrected chi connectivity index (χ2v) is 5.83. The van der Waals surface area contributed by atoms with Crippen LogP contribution in [0.15, 0.2) is 18.2 Å². The Hall–Kier alpha value is -1.50. The summed E-state index contributed by atoms with van der Waals surface area (Å²) in [6, 6.07) is 5.12. The van der Waals surface area contributed by atoms with Gasteiger partial charge in [0, 0.05) is 50.8 Å². The molecule has 0 radical (unpaired) electrons. The van der Waals surface area contributed by atoms with Gasteiger partial charge >= 0.3 is 0 Å². The molecule has 0 unspecified atom stereocenters. The minimum atomic E-state index is -0.721. The van der Waals surface area contributed by atoms with Crippen LogP contribution in [0.5, 0.6) is 0 Å². The zero-order valence-corrected chi connectivity index (χ0v) is 12.5. The molecule has 1 fully saturated rings. The molecule has 0 atom stereocenters. The standard InChI is InChI=1S/C15H22N2O4/c1-12-13(4-3-5-14(12)17(19)20)10-16(2)11-15(18)6-8-21-9-7-15/h3-5,18H,6-11H2,1-2H3. The molecule has 1 aromatic carbocycles. The average Bonchev–Trinajstić information content (AvgIpc) is 2.41. The molecule has 1 N–H and O–H groups in total. The van der Waals surface area contributed by atoms with Crippen LogP contribution in [0.25, 0.3) is 0 Å². The van der Waals surface area contributed by atoms with Gasteiger partial charge in [-0.05, 0) is 19.5 Å². The number of rotatable bonds is 5. The van der Waals surface area contributed by atoms with Crippen LogP contribution in [0.2, 0.25) is 0 Å². The van der Waals surface area contributed by atoms with Crippen molar-refractivity contribution in [2.75, 3.05) is 26.8 Å². The minimum absolute atomic E-state index is 0.144. The first-order valence-corrected chi connectivity index (χ1v) is 7.13. The molecule has 1 aliphatic heterocycles. The van der Waals surface area contributed by atoms with E-state index in [1.54, 1.807) is 13.0 Å². The summed E-state index contributed by atoms with van der Waals surface area (Å²) in [6.07, 6.45) is 1.26. The first-order chi connectivity index (χ1) is 9.91. The SMILES string of the molecule is Cc1c(CN(C)CC2(O)CCOCC2)cccc1[N+](=O)[O-]. The molecule has 2 rings (SSSR count). The van der Waals surface area contributed by atoms with Gasteiger partial charge in [0.15, 0.2) is 0 Å². The van der Waals surface area contributed by atoms with Crippen molar-refractivity contribution >= 4 is 5.69 Å². The maximum atomic E-state index is 11.0. The summed E-state index contributed by atoms with van der Waals surface area (Å²) < 4.78 is 5.27. The lowest BCUT2D eigenvalue weighted by Crippen LogP contribution is -2.45. The number of likely N-dealkylation sites (N-methyl/N-ethyl adjacent to an activating group) is 1. The third-order valence-electron chi connectivity index (χ3n) is 4.04. The van der Waals surface area contributed by atoms with E-state index in [-0.39, 0.29) is 10.6 Å². The zero-order valence-electron chi connectivity index (χ0n) is 12.5. The van der Waals surface area contributed by atoms with E-state index in [9.17, 15) is 15.2 Å². The molecule has 0 amide bonds. The van der Waals surface area contributed by atoms with Crippen LogP contribution in [0.4, 0.5) is 5.69 Å². The van der Waals surface area contributed by atoms with Gasteiger partial charge in [-0.15, -0.1) is 0 Å². The third kappa shape index (κ3) is 4.00. The second kappa shape index (κ2) is 6.51. The second-order valence-electron chi connectivity index (χ2n) is 5.83. The Morgan fingerprint density at radius 2 is 2.10 bits per heavy atom. The summed E-state index contributed by atoms with van der Waals surface area (Å²) in [4.78, 5) is 12.6. The quantitative estimate of drug-likeness (QED) is 0.663. The largest absolute Gasteiger partial charge is 0.388 e. The van der Waals surface area contributed by atoms with Crippen LogP contribution >= 0.6 is 0 Å². The van der Waals surface area contributed by atoms with Gasteiger partial charge < -0.3 is 9.84 Å². The van der Waals surface area contributed by atoms with Crippen LogP contribution < -0.4 is 0 Å². The highest BCUT2D eigenvalue weighted by molar-refractivity contribution is 5.44. The van der Waals surface area contributed by atoms with Crippen molar-refractivity contribution in [1.82, 2.24) is 4.90 Å². The van der Waals surface area contributed by atoms with Crippen LogP contribution in [-0.4, -0.2) is 47.3 Å². The number of ether oxygens (including phenoxy) is 1. The van der Waals surface area contributed by atoms with Crippen molar-refractivity contribution in [3.05, 3.63) is 39.4 Å². The van der Waals surface area contributed by atoms with Crippen molar-refractivity contribution in [2.24, 2.45) is 0 Å². The van der Waals surface area contributed by atoms with Crippen molar-refractivity contribution in [3.63, 3.8) is 0 Å². The van der Waals surface area contributed by atoms with Gasteiger partial charge in [-0.25, -0.2) is 0 Å². The summed E-state index contributed by atoms with van der Waals surface area (Å²) in [5, 5.41) is 21.5. The fraction of sp³-hybridized carbons (Fsp3) is 0.600. The Bertz CT molecular complexity index is 512. The van der Waals surface area contributed by atoms with Gasteiger partial charge in [-0.1, -0.05) is 12.1 Å². The molecule has 116 valence electrons. The Balaban J connectivity index is 2.04. The highest BCUT2D eigenvalue weighted by Gasteiger charge is 2.31. The highest BCUT2D eigenvalue weighted by atomic mass is 16.6. The summed E-state index contributed by atoms with van der Waals surface area (Å²) in [5.74, 6) is 0. The minimum Gasteiger partial charge on any atom is -0.388 e. The number of nitro benzene ring substituents is 1. The lowest BCUT2D eigenvalue weighted by Gasteiger charge is -2.35. The van der Waals surface area contributed by atoms with Gasteiger partial charge in [0.1, 0.15) is 0 Å². The third-order valence-corrected chi connectivity index (χ3v) is 4.04. The fourth-order valence-electron chi connectivity index (χ4n) is 2.80. The van der Waals surface area contributed by atoms with Crippen LogP contribution in [0.1, 0.15) is 24.0 Å². The lowest BCUT2D eigenvalue weighted by molar-refractivity contribution is -0.385. The number of nitrogens with zero attached hydrogens (tertiary/aromatic N) is 2. The Morgan fingerprint density at radius 3 is 2.71 bits per heavy atom. The van der Waals surface area contributed by atoms with E-state index in [0.717, 1.165) is 5.56 Å². The molecule has 0 bridgehead atoms. The van der Waals surface area contributed by atoms with E-state index in [1.165, 1.54) is 6.07 Å². The Morgan fingerprint density at radius 1 is 1.43 bits per heavy atom. The number of hydrogen-bond donors (Lipinski definition) is 1. The summed E-state index contributed by atoms with van der Waals surface area (Å²) in [5.41, 5.74) is 1.03. The summed E-state index contributed by atoms with van der Waals surface area (Å²) in [7, 11) is 1.92. The topological polar surface area (TPSA) is 75.8 Å². The first kappa shape index (κ1) is 15.9. The van der Waals surface area contributed by atoms with Crippen LogP contribution in [0, 0.1) is 17.0 Å². The number of benzene rings is 1. The molecule has 0 aliphatic carbocycles. The zero-order chi connectivity index (χ0) is 15.5. The molecule has 1 heterocycles. The number of aliphatic hydroxyl groups is 1.